The number of carbonyl (C=O) groups excluding carboxylic acids is 1. The molecule has 1 saturated heterocycles. The molecule has 0 spiro atoms. The van der Waals surface area contributed by atoms with Gasteiger partial charge in [0.25, 0.3) is 6.47 Å². The van der Waals surface area contributed by atoms with Crippen LogP contribution in [0.3, 0.4) is 0 Å². The summed E-state index contributed by atoms with van der Waals surface area (Å²) in [6.45, 7) is 5.61. The van der Waals surface area contributed by atoms with E-state index in [0.717, 1.165) is 48.4 Å². The van der Waals surface area contributed by atoms with Gasteiger partial charge in [-0.05, 0) is 90.4 Å². The van der Waals surface area contributed by atoms with E-state index in [0.29, 0.717) is 56.1 Å². The Balaban J connectivity index is 1.31. The molecule has 2 aromatic carbocycles. The van der Waals surface area contributed by atoms with Crippen molar-refractivity contribution in [3.05, 3.63) is 71.5 Å². The van der Waals surface area contributed by atoms with Crippen molar-refractivity contribution in [3.63, 3.8) is 0 Å². The summed E-state index contributed by atoms with van der Waals surface area (Å²) < 4.78 is 36.7. The number of pyridine rings is 1. The van der Waals surface area contributed by atoms with Crippen molar-refractivity contribution in [1.29, 1.82) is 0 Å². The molecule has 1 saturated carbocycles. The zero-order chi connectivity index (χ0) is 29.0. The van der Waals surface area contributed by atoms with E-state index in [9.17, 15) is 18.6 Å². The minimum atomic E-state index is -2.38. The van der Waals surface area contributed by atoms with Crippen LogP contribution in [0.5, 0.6) is 5.88 Å². The van der Waals surface area contributed by atoms with Crippen molar-refractivity contribution < 1.29 is 28.1 Å². The van der Waals surface area contributed by atoms with Crippen LogP contribution in [0.4, 0.5) is 10.1 Å². The Hall–Kier alpha value is -3.39. The molecule has 2 fully saturated rings. The highest BCUT2D eigenvalue weighted by atomic mass is 31.1. The number of rotatable bonds is 12. The van der Waals surface area contributed by atoms with Crippen LogP contribution in [0, 0.1) is 5.82 Å². The lowest BCUT2D eigenvalue weighted by atomic mass is 9.90. The third-order valence-electron chi connectivity index (χ3n) is 8.00. The fourth-order valence-corrected chi connectivity index (χ4v) is 6.01. The van der Waals surface area contributed by atoms with Crippen LogP contribution in [-0.2, 0) is 20.6 Å². The molecule has 3 aromatic rings. The Kier molecular flexibility index (Phi) is 8.97. The number of nitrogens with zero attached hydrogens (tertiary/aromatic N) is 3. The number of benzene rings is 2. The molecule has 8 nitrogen and oxygen atoms in total. The van der Waals surface area contributed by atoms with Crippen LogP contribution in [0.25, 0.3) is 11.3 Å². The maximum atomic E-state index is 13.6. The van der Waals surface area contributed by atoms with Gasteiger partial charge in [-0.15, -0.1) is 0 Å². The van der Waals surface area contributed by atoms with E-state index in [4.69, 9.17) is 14.5 Å². The molecule has 1 aliphatic carbocycles. The summed E-state index contributed by atoms with van der Waals surface area (Å²) in [5.41, 5.74) is 4.20. The molecule has 0 bridgehead atoms. The van der Waals surface area contributed by atoms with Gasteiger partial charge in [0.1, 0.15) is 11.4 Å². The SMILES string of the molecule is CCOc1nc(-c2ccc(F)cc2)c(C2CC2)cc1CN1CCC(CN(C)c2ccc([P+](=O)O)cc2)(OC=O)CC1. The Bertz CT molecular complexity index is 1370. The number of hydrogen-bond acceptors (Lipinski definition) is 7. The van der Waals surface area contributed by atoms with Crippen LogP contribution >= 0.6 is 8.03 Å². The topological polar surface area (TPSA) is 92.2 Å². The molecule has 1 N–H and O–H groups in total. The average Bonchev–Trinajstić information content (AvgIpc) is 3.81. The van der Waals surface area contributed by atoms with Crippen LogP contribution < -0.4 is 14.9 Å². The number of aromatic nitrogens is 1. The van der Waals surface area contributed by atoms with Crippen molar-refractivity contribution in [2.24, 2.45) is 0 Å². The van der Waals surface area contributed by atoms with Gasteiger partial charge in [0, 0.05) is 56.3 Å². The Labute approximate surface area is 241 Å². The zero-order valence-electron chi connectivity index (χ0n) is 23.5. The van der Waals surface area contributed by atoms with Gasteiger partial charge in [0.05, 0.1) is 18.8 Å². The lowest BCUT2D eigenvalue weighted by Gasteiger charge is -2.42. The first-order valence-electron chi connectivity index (χ1n) is 14.0. The van der Waals surface area contributed by atoms with Gasteiger partial charge in [0.15, 0.2) is 0 Å². The van der Waals surface area contributed by atoms with Gasteiger partial charge >= 0.3 is 8.03 Å². The number of likely N-dealkylation sites (tertiary alicyclic amines) is 1. The van der Waals surface area contributed by atoms with Crippen molar-refractivity contribution in [2.45, 2.75) is 50.7 Å². The van der Waals surface area contributed by atoms with Gasteiger partial charge in [-0.25, -0.2) is 9.37 Å². The largest absolute Gasteiger partial charge is 0.546 e. The highest BCUT2D eigenvalue weighted by Gasteiger charge is 2.38. The summed E-state index contributed by atoms with van der Waals surface area (Å²) in [5, 5.41) is 0.376. The average molecular weight is 581 g/mol. The van der Waals surface area contributed by atoms with Crippen molar-refractivity contribution in [2.75, 3.05) is 38.2 Å². The first-order chi connectivity index (χ1) is 19.8. The Morgan fingerprint density at radius 3 is 2.41 bits per heavy atom. The number of ether oxygens (including phenoxy) is 2. The van der Waals surface area contributed by atoms with Gasteiger partial charge in [-0.3, -0.25) is 9.69 Å². The monoisotopic (exact) mass is 580 g/mol. The molecule has 1 aliphatic heterocycles. The summed E-state index contributed by atoms with van der Waals surface area (Å²) in [4.78, 5) is 30.2. The maximum absolute atomic E-state index is 13.6. The lowest BCUT2D eigenvalue weighted by Crippen LogP contribution is -2.51. The molecular weight excluding hydrogens is 544 g/mol. The van der Waals surface area contributed by atoms with E-state index in [1.54, 1.807) is 36.4 Å². The first-order valence-corrected chi connectivity index (χ1v) is 15.3. The number of hydrogen-bond donors (Lipinski definition) is 1. The van der Waals surface area contributed by atoms with E-state index in [-0.39, 0.29) is 5.82 Å². The van der Waals surface area contributed by atoms with Gasteiger partial charge in [0.2, 0.25) is 11.2 Å². The smallest absolute Gasteiger partial charge is 0.478 e. The molecule has 1 atom stereocenters. The number of halogens is 1. The lowest BCUT2D eigenvalue weighted by molar-refractivity contribution is -0.147. The molecule has 0 amide bonds. The number of likely N-dealkylation sites (N-methyl/N-ethyl adjacent to an activating group) is 1. The van der Waals surface area contributed by atoms with E-state index in [1.807, 2.05) is 18.9 Å². The summed E-state index contributed by atoms with van der Waals surface area (Å²) in [7, 11) is -0.452. The van der Waals surface area contributed by atoms with Crippen molar-refractivity contribution in [3.8, 4) is 17.1 Å². The minimum Gasteiger partial charge on any atom is -0.478 e. The zero-order valence-corrected chi connectivity index (χ0v) is 24.4. The summed E-state index contributed by atoms with van der Waals surface area (Å²) in [6, 6.07) is 15.6. The predicted octanol–water partition coefficient (Wildman–Crippen LogP) is 5.17. The molecule has 5 rings (SSSR count). The standard InChI is InChI=1S/C31H35FN3O5P/c1-3-39-30-24(18-28(22-4-5-22)29(33-30)23-6-8-25(32)9-7-23)19-35-16-14-31(15-17-35,40-21-36)20-34(2)26-10-12-27(13-11-26)41(37)38/h6-13,18,21-22H,3-5,14-17,19-20H2,1-2H3/p+1. The molecule has 2 aliphatic rings. The number of anilines is 1. The van der Waals surface area contributed by atoms with Gasteiger partial charge in [-0.2, -0.15) is 4.89 Å². The molecule has 10 heteroatoms. The Morgan fingerprint density at radius 1 is 1.15 bits per heavy atom. The second kappa shape index (κ2) is 12.6. The fourth-order valence-electron chi connectivity index (χ4n) is 5.61. The van der Waals surface area contributed by atoms with Gasteiger partial charge < -0.3 is 14.4 Å². The molecule has 41 heavy (non-hydrogen) atoms. The van der Waals surface area contributed by atoms with Crippen molar-refractivity contribution >= 4 is 25.5 Å². The summed E-state index contributed by atoms with van der Waals surface area (Å²) in [6.07, 6.45) is 3.56. The second-order valence-electron chi connectivity index (χ2n) is 10.9. The molecular formula is C31H36FN3O5P+. The number of carbonyl (C=O) groups is 1. The Morgan fingerprint density at radius 2 is 1.83 bits per heavy atom. The number of piperidine rings is 1. The normalized spacial score (nSPS) is 17.1. The molecule has 1 aromatic heterocycles. The highest BCUT2D eigenvalue weighted by molar-refractivity contribution is 7.47. The van der Waals surface area contributed by atoms with Gasteiger partial charge in [-0.1, -0.05) is 0 Å². The second-order valence-corrected chi connectivity index (χ2v) is 12.0. The maximum Gasteiger partial charge on any atom is 0.546 e. The molecule has 2 heterocycles. The molecule has 0 radical (unpaired) electrons. The fraction of sp³-hybridized carbons (Fsp3) is 0.419. The quantitative estimate of drug-likeness (QED) is 0.232. The van der Waals surface area contributed by atoms with Crippen molar-refractivity contribution in [1.82, 2.24) is 9.88 Å². The van der Waals surface area contributed by atoms with E-state index in [1.165, 1.54) is 17.7 Å². The minimum absolute atomic E-state index is 0.271. The van der Waals surface area contributed by atoms with E-state index in [2.05, 4.69) is 11.0 Å². The van der Waals surface area contributed by atoms with E-state index >= 15 is 0 Å². The molecule has 1 unspecified atom stereocenters. The predicted molar refractivity (Wildman–Crippen MR) is 156 cm³/mol. The summed E-state index contributed by atoms with van der Waals surface area (Å²) >= 11 is 0. The van der Waals surface area contributed by atoms with Crippen LogP contribution in [-0.4, -0.2) is 60.1 Å². The third kappa shape index (κ3) is 6.92. The highest BCUT2D eigenvalue weighted by Crippen LogP contribution is 2.45. The third-order valence-corrected chi connectivity index (χ3v) is 8.74. The summed E-state index contributed by atoms with van der Waals surface area (Å²) in [5.74, 6) is 0.784. The van der Waals surface area contributed by atoms with Crippen LogP contribution in [0.15, 0.2) is 54.6 Å². The first kappa shape index (κ1) is 29.1. The van der Waals surface area contributed by atoms with E-state index < -0.39 is 13.6 Å². The van der Waals surface area contributed by atoms with Crippen LogP contribution in [0.2, 0.25) is 0 Å². The molecule has 216 valence electrons. The van der Waals surface area contributed by atoms with Crippen LogP contribution in [0.1, 0.15) is 49.7 Å².